The van der Waals surface area contributed by atoms with E-state index >= 15 is 0 Å². The molecule has 0 amide bonds. The highest BCUT2D eigenvalue weighted by Crippen LogP contribution is 2.46. The summed E-state index contributed by atoms with van der Waals surface area (Å²) in [5.74, 6) is 5.49. The van der Waals surface area contributed by atoms with E-state index in [4.69, 9.17) is 28.4 Å². The molecule has 0 atom stereocenters. The van der Waals surface area contributed by atoms with E-state index in [-0.39, 0.29) is 32.5 Å². The second-order valence-corrected chi connectivity index (χ2v) is 33.9. The molecular weight excluding hydrogens is 1150 g/mol. The maximum atomic E-state index is 7.34. The van der Waals surface area contributed by atoms with Crippen molar-refractivity contribution in [3.8, 4) is 34.5 Å². The van der Waals surface area contributed by atoms with Gasteiger partial charge in [-0.25, -0.2) is 0 Å². The van der Waals surface area contributed by atoms with E-state index in [1.807, 2.05) is 21.3 Å². The Kier molecular flexibility index (Phi) is 24.0. The number of methoxy groups -OCH3 is 3. The molecular formula is C84H123N3O6. The molecule has 12 bridgehead atoms. The molecule has 0 spiro atoms. The van der Waals surface area contributed by atoms with Crippen LogP contribution >= 0.6 is 0 Å². The SMILES string of the molecule is COc1c2cc(C(C)(C)C)cc1Cc1cc(C(C)(C)C)cc(c1OCCCN(C)C)Cc1cc(C(C)(C)C)cc(c1OC)Cc1cc(C(C)(C)C)cc(c1OCCCN(C)C)Cc1cc(C(C)(C)C)cc(c1OC)Cc1cc(C(C)(C)C)cc(c1OCCCN(C)C)C2. The van der Waals surface area contributed by atoms with Gasteiger partial charge in [0, 0.05) is 58.2 Å². The molecule has 1 aliphatic carbocycles. The molecule has 9 nitrogen and oxygen atoms in total. The predicted octanol–water partition coefficient (Wildman–Crippen LogP) is 18.3. The summed E-state index contributed by atoms with van der Waals surface area (Å²) in [6.45, 7) is 46.4. The summed E-state index contributed by atoms with van der Waals surface area (Å²) in [5.41, 5.74) is 20.1. The Morgan fingerprint density at radius 2 is 0.387 bits per heavy atom. The Bertz CT molecular complexity index is 3010. The van der Waals surface area contributed by atoms with Gasteiger partial charge in [-0.2, -0.15) is 0 Å². The number of benzene rings is 6. The van der Waals surface area contributed by atoms with Crippen molar-refractivity contribution < 1.29 is 28.4 Å². The molecule has 9 heteroatoms. The summed E-state index contributed by atoms with van der Waals surface area (Å²) >= 11 is 0. The van der Waals surface area contributed by atoms with Gasteiger partial charge < -0.3 is 43.1 Å². The Labute approximate surface area is 565 Å². The minimum Gasteiger partial charge on any atom is -0.496 e. The van der Waals surface area contributed by atoms with Gasteiger partial charge in [-0.15, -0.1) is 0 Å². The number of fused-ring (bicyclic) bond motifs is 12. The second kappa shape index (κ2) is 30.0. The van der Waals surface area contributed by atoms with E-state index in [9.17, 15) is 0 Å². The lowest BCUT2D eigenvalue weighted by atomic mass is 9.79. The van der Waals surface area contributed by atoms with Gasteiger partial charge in [-0.3, -0.25) is 0 Å². The van der Waals surface area contributed by atoms with Crippen LogP contribution in [0.25, 0.3) is 0 Å². The average Bonchev–Trinajstić information content (AvgIpc) is 0.778. The van der Waals surface area contributed by atoms with Crippen LogP contribution in [0.4, 0.5) is 0 Å². The van der Waals surface area contributed by atoms with Gasteiger partial charge >= 0.3 is 0 Å². The second-order valence-electron chi connectivity index (χ2n) is 33.9. The minimum absolute atomic E-state index is 0.182. The van der Waals surface area contributed by atoms with E-state index in [1.54, 1.807) is 0 Å². The summed E-state index contributed by atoms with van der Waals surface area (Å²) in [6.07, 6.45) is 6.24. The van der Waals surface area contributed by atoms with Gasteiger partial charge in [-0.1, -0.05) is 197 Å². The van der Waals surface area contributed by atoms with Crippen molar-refractivity contribution in [2.24, 2.45) is 0 Å². The van der Waals surface area contributed by atoms with Crippen molar-refractivity contribution in [2.45, 2.75) is 215 Å². The number of hydrogen-bond acceptors (Lipinski definition) is 9. The zero-order chi connectivity index (χ0) is 68.9. The smallest absolute Gasteiger partial charge is 0.126 e. The van der Waals surface area contributed by atoms with Crippen LogP contribution in [0.2, 0.25) is 0 Å². The van der Waals surface area contributed by atoms with Crippen molar-refractivity contribution >= 4 is 0 Å². The number of rotatable bonds is 18. The van der Waals surface area contributed by atoms with Crippen LogP contribution in [0.3, 0.4) is 0 Å². The molecule has 0 aromatic heterocycles. The summed E-state index contributed by atoms with van der Waals surface area (Å²) in [4.78, 5) is 6.73. The lowest BCUT2D eigenvalue weighted by molar-refractivity contribution is 0.277. The van der Waals surface area contributed by atoms with Crippen LogP contribution in [-0.4, -0.2) is 118 Å². The monoisotopic (exact) mass is 1270 g/mol. The summed E-state index contributed by atoms with van der Waals surface area (Å²) in [5, 5.41) is 0. The van der Waals surface area contributed by atoms with Gasteiger partial charge in [0.05, 0.1) is 41.2 Å². The molecule has 6 aromatic carbocycles. The number of ether oxygens (including phenoxy) is 6. The first-order valence-electron chi connectivity index (χ1n) is 34.6. The molecule has 6 aromatic rings. The van der Waals surface area contributed by atoms with E-state index in [0.717, 1.165) is 140 Å². The molecule has 0 saturated heterocycles. The van der Waals surface area contributed by atoms with E-state index in [0.29, 0.717) is 58.3 Å². The topological polar surface area (TPSA) is 65.1 Å². The highest BCUT2D eigenvalue weighted by atomic mass is 16.5. The third-order valence-electron chi connectivity index (χ3n) is 18.5. The fourth-order valence-corrected chi connectivity index (χ4v) is 12.9. The number of hydrogen-bond donors (Lipinski definition) is 0. The molecule has 0 unspecified atom stereocenters. The molecule has 0 radical (unpaired) electrons. The predicted molar refractivity (Wildman–Crippen MR) is 393 cm³/mol. The minimum atomic E-state index is -0.184. The molecule has 0 saturated carbocycles. The molecule has 0 heterocycles. The van der Waals surface area contributed by atoms with Gasteiger partial charge in [-0.05, 0) is 194 Å². The van der Waals surface area contributed by atoms with Crippen LogP contribution in [0.1, 0.15) is 244 Å². The van der Waals surface area contributed by atoms with Gasteiger partial charge in [0.25, 0.3) is 0 Å². The van der Waals surface area contributed by atoms with Crippen molar-refractivity contribution in [1.82, 2.24) is 14.7 Å². The molecule has 1 aliphatic rings. The highest BCUT2D eigenvalue weighted by molar-refractivity contribution is 5.61. The fraction of sp³-hybridized carbons (Fsp3) is 0.571. The molecule has 510 valence electrons. The first-order valence-corrected chi connectivity index (χ1v) is 34.6. The van der Waals surface area contributed by atoms with E-state index in [2.05, 4.69) is 254 Å². The summed E-state index contributed by atoms with van der Waals surface area (Å²) < 4.78 is 42.5. The lowest BCUT2D eigenvalue weighted by Crippen LogP contribution is -2.19. The summed E-state index contributed by atoms with van der Waals surface area (Å²) in [6, 6.07) is 29.1. The van der Waals surface area contributed by atoms with Crippen LogP contribution < -0.4 is 28.4 Å². The average molecular weight is 1270 g/mol. The third-order valence-corrected chi connectivity index (χ3v) is 18.5. The zero-order valence-corrected chi connectivity index (χ0v) is 63.3. The molecule has 0 fully saturated rings. The van der Waals surface area contributed by atoms with Crippen molar-refractivity contribution in [1.29, 1.82) is 0 Å². The molecule has 93 heavy (non-hydrogen) atoms. The van der Waals surface area contributed by atoms with Crippen molar-refractivity contribution in [3.05, 3.63) is 173 Å². The van der Waals surface area contributed by atoms with E-state index in [1.165, 1.54) is 33.4 Å². The standard InChI is InChI=1S/C84H123N3O6/c1-79(2,3)67-43-55-37-61-49-70(82(10,11)12)51-63(76(61)91-34-28-31-85(19)20)39-57-45-68(80(4,5)6)47-59(74(57)89-26)41-65-53-72(84(16,17)18)54-66(78(65)93-36-30-33-87(23)24)42-60-48-69(81(7,8)9)46-58(75(60)90-27)40-64-52-71(83(13,14)15)50-62(38-56(44-67)73(55)88-25)77(64)92-35-29-32-86(21)22/h43-54H,28-42H2,1-27H3. The quantitative estimate of drug-likeness (QED) is 0.0782. The van der Waals surface area contributed by atoms with Gasteiger partial charge in [0.2, 0.25) is 0 Å². The Morgan fingerprint density at radius 3 is 0.505 bits per heavy atom. The lowest BCUT2D eigenvalue weighted by Gasteiger charge is -2.29. The van der Waals surface area contributed by atoms with Gasteiger partial charge in [0.1, 0.15) is 34.5 Å². The largest absolute Gasteiger partial charge is 0.496 e. The summed E-state index contributed by atoms with van der Waals surface area (Å²) in [7, 11) is 18.4. The fourth-order valence-electron chi connectivity index (χ4n) is 12.9. The first kappa shape index (κ1) is 74.4. The van der Waals surface area contributed by atoms with Crippen LogP contribution in [0.5, 0.6) is 34.5 Å². The van der Waals surface area contributed by atoms with Crippen LogP contribution in [0.15, 0.2) is 72.8 Å². The van der Waals surface area contributed by atoms with E-state index < -0.39 is 0 Å². The Morgan fingerprint density at radius 1 is 0.247 bits per heavy atom. The van der Waals surface area contributed by atoms with Crippen LogP contribution in [0, 0.1) is 0 Å². The molecule has 0 aliphatic heterocycles. The molecule has 0 N–H and O–H groups in total. The Hall–Kier alpha value is -6.00. The normalized spacial score (nSPS) is 13.7. The maximum absolute atomic E-state index is 7.34. The zero-order valence-electron chi connectivity index (χ0n) is 63.3. The van der Waals surface area contributed by atoms with Crippen molar-refractivity contribution in [3.63, 3.8) is 0 Å². The first-order chi connectivity index (χ1) is 43.2. The maximum Gasteiger partial charge on any atom is 0.126 e. The Balaban J connectivity index is 1.70. The molecule has 7 rings (SSSR count). The van der Waals surface area contributed by atoms with Gasteiger partial charge in [0.15, 0.2) is 0 Å². The van der Waals surface area contributed by atoms with Crippen molar-refractivity contribution in [2.75, 3.05) is 103 Å². The third kappa shape index (κ3) is 19.4. The van der Waals surface area contributed by atoms with Crippen LogP contribution in [-0.2, 0) is 71.0 Å². The number of nitrogens with zero attached hydrogens (tertiary/aromatic N) is 3. The highest BCUT2D eigenvalue weighted by Gasteiger charge is 2.31.